The average molecular weight is 310 g/mol. The highest BCUT2D eigenvalue weighted by Gasteiger charge is 2.21. The summed E-state index contributed by atoms with van der Waals surface area (Å²) in [4.78, 5) is 12.0. The molecule has 0 saturated heterocycles. The SMILES string of the molecule is COc1ccc(CC(NC(=O)OC(C)(C)C)C(N)=S)cc1. The van der Waals surface area contributed by atoms with Crippen LogP contribution in [0.3, 0.4) is 0 Å². The normalized spacial score (nSPS) is 12.4. The molecule has 0 heterocycles. The molecule has 0 spiro atoms. The lowest BCUT2D eigenvalue weighted by atomic mass is 10.1. The van der Waals surface area contributed by atoms with Gasteiger partial charge in [-0.1, -0.05) is 24.4 Å². The highest BCUT2D eigenvalue weighted by atomic mass is 32.1. The maximum absolute atomic E-state index is 11.8. The van der Waals surface area contributed by atoms with Crippen LogP contribution in [0.25, 0.3) is 0 Å². The van der Waals surface area contributed by atoms with Crippen molar-refractivity contribution in [1.82, 2.24) is 5.32 Å². The molecule has 1 unspecified atom stereocenters. The van der Waals surface area contributed by atoms with Gasteiger partial charge in [-0.2, -0.15) is 0 Å². The van der Waals surface area contributed by atoms with Crippen LogP contribution in [0.1, 0.15) is 26.3 Å². The van der Waals surface area contributed by atoms with E-state index in [0.29, 0.717) is 6.42 Å². The fraction of sp³-hybridized carbons (Fsp3) is 0.467. The summed E-state index contributed by atoms with van der Waals surface area (Å²) in [5.41, 5.74) is 6.12. The van der Waals surface area contributed by atoms with E-state index in [0.717, 1.165) is 11.3 Å². The molecule has 116 valence electrons. The topological polar surface area (TPSA) is 73.6 Å². The largest absolute Gasteiger partial charge is 0.497 e. The van der Waals surface area contributed by atoms with Crippen molar-refractivity contribution in [2.75, 3.05) is 7.11 Å². The third-order valence-corrected chi connectivity index (χ3v) is 2.92. The number of rotatable bonds is 5. The van der Waals surface area contributed by atoms with Crippen LogP contribution < -0.4 is 15.8 Å². The van der Waals surface area contributed by atoms with E-state index in [2.05, 4.69) is 5.32 Å². The summed E-state index contributed by atoms with van der Waals surface area (Å²) in [6.45, 7) is 5.39. The summed E-state index contributed by atoms with van der Waals surface area (Å²) < 4.78 is 10.3. The summed E-state index contributed by atoms with van der Waals surface area (Å²) in [7, 11) is 1.61. The summed E-state index contributed by atoms with van der Waals surface area (Å²) in [6, 6.07) is 7.05. The predicted octanol–water partition coefficient (Wildman–Crippen LogP) is 2.42. The Bertz CT molecular complexity index is 495. The lowest BCUT2D eigenvalue weighted by Gasteiger charge is -2.23. The first kappa shape index (κ1) is 17.2. The lowest BCUT2D eigenvalue weighted by Crippen LogP contribution is -2.46. The van der Waals surface area contributed by atoms with Crippen LogP contribution in [-0.4, -0.2) is 29.8 Å². The number of nitrogens with two attached hydrogens (primary N) is 1. The third kappa shape index (κ3) is 6.44. The quantitative estimate of drug-likeness (QED) is 0.817. The maximum atomic E-state index is 11.8. The molecule has 6 heteroatoms. The molecule has 0 saturated carbocycles. The highest BCUT2D eigenvalue weighted by Crippen LogP contribution is 2.13. The van der Waals surface area contributed by atoms with Crippen molar-refractivity contribution in [2.45, 2.75) is 38.8 Å². The van der Waals surface area contributed by atoms with E-state index in [9.17, 15) is 4.79 Å². The number of hydrogen-bond donors (Lipinski definition) is 2. The molecule has 0 aliphatic heterocycles. The Hall–Kier alpha value is -1.82. The Balaban J connectivity index is 2.69. The number of amides is 1. The van der Waals surface area contributed by atoms with E-state index in [-0.39, 0.29) is 4.99 Å². The number of hydrogen-bond acceptors (Lipinski definition) is 4. The van der Waals surface area contributed by atoms with E-state index < -0.39 is 17.7 Å². The second kappa shape index (κ2) is 7.26. The molecule has 1 atom stereocenters. The molecule has 5 nitrogen and oxygen atoms in total. The molecule has 1 aromatic carbocycles. The van der Waals surface area contributed by atoms with Gasteiger partial charge in [0.05, 0.1) is 18.1 Å². The minimum atomic E-state index is -0.565. The summed E-state index contributed by atoms with van der Waals surface area (Å²) >= 11 is 5.01. The van der Waals surface area contributed by atoms with Gasteiger partial charge in [0.2, 0.25) is 0 Å². The highest BCUT2D eigenvalue weighted by molar-refractivity contribution is 7.80. The molecule has 0 aliphatic rings. The van der Waals surface area contributed by atoms with Gasteiger partial charge < -0.3 is 20.5 Å². The Morgan fingerprint density at radius 1 is 1.33 bits per heavy atom. The summed E-state index contributed by atoms with van der Waals surface area (Å²) in [5, 5.41) is 2.69. The molecule has 21 heavy (non-hydrogen) atoms. The number of thiocarbonyl (C=S) groups is 1. The fourth-order valence-corrected chi connectivity index (χ4v) is 1.81. The van der Waals surface area contributed by atoms with Crippen molar-refractivity contribution >= 4 is 23.3 Å². The zero-order valence-corrected chi connectivity index (χ0v) is 13.6. The van der Waals surface area contributed by atoms with Crippen LogP contribution in [-0.2, 0) is 11.2 Å². The minimum Gasteiger partial charge on any atom is -0.497 e. The number of ether oxygens (including phenoxy) is 2. The van der Waals surface area contributed by atoms with E-state index in [4.69, 9.17) is 27.4 Å². The second-order valence-electron chi connectivity index (χ2n) is 5.65. The van der Waals surface area contributed by atoms with Crippen LogP contribution in [0.2, 0.25) is 0 Å². The van der Waals surface area contributed by atoms with Gasteiger partial charge >= 0.3 is 6.09 Å². The second-order valence-corrected chi connectivity index (χ2v) is 6.12. The van der Waals surface area contributed by atoms with E-state index in [1.807, 2.05) is 24.3 Å². The van der Waals surface area contributed by atoms with E-state index in [1.54, 1.807) is 27.9 Å². The molecular weight excluding hydrogens is 288 g/mol. The number of carbonyl (C=O) groups is 1. The van der Waals surface area contributed by atoms with Crippen LogP contribution in [0, 0.1) is 0 Å². The van der Waals surface area contributed by atoms with E-state index >= 15 is 0 Å². The van der Waals surface area contributed by atoms with Gasteiger partial charge in [-0.25, -0.2) is 4.79 Å². The Morgan fingerprint density at radius 3 is 2.33 bits per heavy atom. The molecule has 1 aromatic rings. The van der Waals surface area contributed by atoms with Crippen molar-refractivity contribution < 1.29 is 14.3 Å². The van der Waals surface area contributed by atoms with Crippen molar-refractivity contribution in [2.24, 2.45) is 5.73 Å². The third-order valence-electron chi connectivity index (χ3n) is 2.63. The number of methoxy groups -OCH3 is 1. The Labute approximate surface area is 130 Å². The van der Waals surface area contributed by atoms with Crippen molar-refractivity contribution in [1.29, 1.82) is 0 Å². The van der Waals surface area contributed by atoms with Crippen LogP contribution in [0.15, 0.2) is 24.3 Å². The smallest absolute Gasteiger partial charge is 0.408 e. The van der Waals surface area contributed by atoms with Crippen LogP contribution >= 0.6 is 12.2 Å². The number of nitrogens with one attached hydrogen (secondary N) is 1. The molecule has 1 rings (SSSR count). The molecule has 0 aliphatic carbocycles. The molecule has 0 bridgehead atoms. The zero-order valence-electron chi connectivity index (χ0n) is 12.8. The molecule has 1 amide bonds. The molecule has 3 N–H and O–H groups in total. The van der Waals surface area contributed by atoms with Gasteiger partial charge in [-0.05, 0) is 44.9 Å². The number of carbonyl (C=O) groups excluding carboxylic acids is 1. The predicted molar refractivity (Wildman–Crippen MR) is 86.6 cm³/mol. The Morgan fingerprint density at radius 2 is 1.90 bits per heavy atom. The van der Waals surface area contributed by atoms with Crippen molar-refractivity contribution in [3.8, 4) is 5.75 Å². The van der Waals surface area contributed by atoms with Gasteiger partial charge in [0.1, 0.15) is 11.4 Å². The zero-order chi connectivity index (χ0) is 16.0. The van der Waals surface area contributed by atoms with E-state index in [1.165, 1.54) is 0 Å². The number of alkyl carbamates (subject to hydrolysis) is 1. The summed E-state index contributed by atoms with van der Waals surface area (Å²) in [5.74, 6) is 0.769. The molecule has 0 radical (unpaired) electrons. The van der Waals surface area contributed by atoms with Gasteiger partial charge in [0.25, 0.3) is 0 Å². The Kier molecular flexibility index (Phi) is 5.96. The first-order chi connectivity index (χ1) is 9.71. The van der Waals surface area contributed by atoms with Gasteiger partial charge in [0, 0.05) is 0 Å². The first-order valence-corrected chi connectivity index (χ1v) is 7.04. The molecule has 0 fully saturated rings. The number of benzene rings is 1. The summed E-state index contributed by atoms with van der Waals surface area (Å²) in [6.07, 6.45) is -0.0349. The van der Waals surface area contributed by atoms with Gasteiger partial charge in [-0.3, -0.25) is 0 Å². The molecular formula is C15H22N2O3S. The standard InChI is InChI=1S/C15H22N2O3S/c1-15(2,3)20-14(18)17-12(13(16)21)9-10-5-7-11(19-4)8-6-10/h5-8,12H,9H2,1-4H3,(H2,16,21)(H,17,18). The average Bonchev–Trinajstić information content (AvgIpc) is 2.36. The first-order valence-electron chi connectivity index (χ1n) is 6.63. The lowest BCUT2D eigenvalue weighted by molar-refractivity contribution is 0.0518. The molecule has 0 aromatic heterocycles. The minimum absolute atomic E-state index is 0.219. The fourth-order valence-electron chi connectivity index (χ4n) is 1.67. The van der Waals surface area contributed by atoms with Gasteiger partial charge in [-0.15, -0.1) is 0 Å². The van der Waals surface area contributed by atoms with Crippen LogP contribution in [0.4, 0.5) is 4.79 Å². The maximum Gasteiger partial charge on any atom is 0.408 e. The monoisotopic (exact) mass is 310 g/mol. The van der Waals surface area contributed by atoms with Gasteiger partial charge in [0.15, 0.2) is 0 Å². The van der Waals surface area contributed by atoms with Crippen LogP contribution in [0.5, 0.6) is 5.75 Å². The van der Waals surface area contributed by atoms with Crippen molar-refractivity contribution in [3.05, 3.63) is 29.8 Å². The van der Waals surface area contributed by atoms with Crippen molar-refractivity contribution in [3.63, 3.8) is 0 Å².